The third kappa shape index (κ3) is 4.40. The SMILES string of the molecule is OC1CCN([C@@H]2CCCC[C@H]2OCCc2c(Cl)cccc2Cl)C1. The zero-order valence-corrected chi connectivity index (χ0v) is 14.9. The minimum Gasteiger partial charge on any atom is -0.392 e. The molecule has 0 aromatic heterocycles. The van der Waals surface area contributed by atoms with Gasteiger partial charge in [-0.05, 0) is 43.4 Å². The van der Waals surface area contributed by atoms with Gasteiger partial charge in [-0.25, -0.2) is 0 Å². The molecule has 5 heteroatoms. The predicted octanol–water partition coefficient (Wildman–Crippen LogP) is 3.93. The lowest BCUT2D eigenvalue weighted by atomic mass is 9.91. The fourth-order valence-corrected chi connectivity index (χ4v) is 4.43. The van der Waals surface area contributed by atoms with Gasteiger partial charge >= 0.3 is 0 Å². The van der Waals surface area contributed by atoms with Gasteiger partial charge in [-0.15, -0.1) is 0 Å². The van der Waals surface area contributed by atoms with Gasteiger partial charge < -0.3 is 9.84 Å². The molecule has 0 bridgehead atoms. The van der Waals surface area contributed by atoms with Crippen molar-refractivity contribution in [3.8, 4) is 0 Å². The first-order valence-corrected chi connectivity index (χ1v) is 9.37. The fraction of sp³-hybridized carbons (Fsp3) is 0.667. The number of aliphatic hydroxyl groups is 1. The highest BCUT2D eigenvalue weighted by atomic mass is 35.5. The van der Waals surface area contributed by atoms with Crippen molar-refractivity contribution in [2.45, 2.75) is 56.8 Å². The van der Waals surface area contributed by atoms with E-state index in [0.717, 1.165) is 37.9 Å². The lowest BCUT2D eigenvalue weighted by molar-refractivity contribution is -0.0315. The molecule has 0 amide bonds. The van der Waals surface area contributed by atoms with Gasteiger partial charge in [-0.1, -0.05) is 42.1 Å². The molecule has 3 rings (SSSR count). The number of benzene rings is 1. The summed E-state index contributed by atoms with van der Waals surface area (Å²) in [6, 6.07) is 6.06. The van der Waals surface area contributed by atoms with Crippen molar-refractivity contribution in [2.75, 3.05) is 19.7 Å². The number of aliphatic hydroxyl groups excluding tert-OH is 1. The van der Waals surface area contributed by atoms with Crippen molar-refractivity contribution >= 4 is 23.2 Å². The molecule has 0 spiro atoms. The average Bonchev–Trinajstić information content (AvgIpc) is 2.97. The number of rotatable bonds is 5. The number of β-amino-alcohol motifs (C(OH)–C–C–N with tert-alkyl or cyclic N) is 1. The van der Waals surface area contributed by atoms with Crippen LogP contribution in [0.15, 0.2) is 18.2 Å². The maximum Gasteiger partial charge on any atom is 0.0730 e. The topological polar surface area (TPSA) is 32.7 Å². The largest absolute Gasteiger partial charge is 0.392 e. The summed E-state index contributed by atoms with van der Waals surface area (Å²) in [5.41, 5.74) is 0.972. The summed E-state index contributed by atoms with van der Waals surface area (Å²) < 4.78 is 6.22. The highest BCUT2D eigenvalue weighted by molar-refractivity contribution is 6.35. The summed E-state index contributed by atoms with van der Waals surface area (Å²) in [5, 5.41) is 11.2. The number of likely N-dealkylation sites (tertiary alicyclic amines) is 1. The van der Waals surface area contributed by atoms with Gasteiger partial charge in [0.25, 0.3) is 0 Å². The minimum atomic E-state index is -0.167. The van der Waals surface area contributed by atoms with E-state index in [-0.39, 0.29) is 12.2 Å². The number of nitrogens with zero attached hydrogens (tertiary/aromatic N) is 1. The van der Waals surface area contributed by atoms with Crippen molar-refractivity contribution < 1.29 is 9.84 Å². The van der Waals surface area contributed by atoms with Crippen LogP contribution in [-0.4, -0.2) is 48.0 Å². The molecule has 1 aromatic carbocycles. The molecule has 1 heterocycles. The number of halogens is 2. The lowest BCUT2D eigenvalue weighted by Crippen LogP contribution is -2.46. The normalized spacial score (nSPS) is 29.1. The molecule has 1 unspecified atom stereocenters. The molecule has 1 aliphatic heterocycles. The van der Waals surface area contributed by atoms with Crippen LogP contribution in [0.1, 0.15) is 37.7 Å². The van der Waals surface area contributed by atoms with Crippen molar-refractivity contribution in [3.63, 3.8) is 0 Å². The van der Waals surface area contributed by atoms with Gasteiger partial charge in [0.2, 0.25) is 0 Å². The Balaban J connectivity index is 1.55. The molecule has 1 saturated heterocycles. The van der Waals surface area contributed by atoms with Crippen LogP contribution in [0.4, 0.5) is 0 Å². The molecule has 23 heavy (non-hydrogen) atoms. The summed E-state index contributed by atoms with van der Waals surface area (Å²) in [5.74, 6) is 0. The second kappa shape index (κ2) is 8.17. The summed E-state index contributed by atoms with van der Waals surface area (Å²) in [7, 11) is 0. The first-order chi connectivity index (χ1) is 11.1. The van der Waals surface area contributed by atoms with E-state index in [1.807, 2.05) is 18.2 Å². The maximum absolute atomic E-state index is 9.79. The van der Waals surface area contributed by atoms with E-state index in [9.17, 15) is 5.11 Å². The second-order valence-electron chi connectivity index (χ2n) is 6.65. The molecule has 3 nitrogen and oxygen atoms in total. The molecule has 3 atom stereocenters. The average molecular weight is 358 g/mol. The third-order valence-electron chi connectivity index (χ3n) is 5.08. The predicted molar refractivity (Wildman–Crippen MR) is 94.4 cm³/mol. The highest BCUT2D eigenvalue weighted by Gasteiger charge is 2.34. The first-order valence-electron chi connectivity index (χ1n) is 8.62. The second-order valence-corrected chi connectivity index (χ2v) is 7.46. The Morgan fingerprint density at radius 1 is 1.13 bits per heavy atom. The van der Waals surface area contributed by atoms with Gasteiger partial charge in [0.1, 0.15) is 0 Å². The Labute approximate surface area is 148 Å². The molecular formula is C18H25Cl2NO2. The van der Waals surface area contributed by atoms with Crippen LogP contribution in [0.2, 0.25) is 10.0 Å². The highest BCUT2D eigenvalue weighted by Crippen LogP contribution is 2.29. The van der Waals surface area contributed by atoms with Crippen LogP contribution in [0, 0.1) is 0 Å². The number of ether oxygens (including phenoxy) is 1. The fourth-order valence-electron chi connectivity index (χ4n) is 3.84. The van der Waals surface area contributed by atoms with Crippen molar-refractivity contribution in [3.05, 3.63) is 33.8 Å². The Morgan fingerprint density at radius 3 is 2.57 bits per heavy atom. The van der Waals surface area contributed by atoms with Crippen LogP contribution in [-0.2, 0) is 11.2 Å². The minimum absolute atomic E-state index is 0.167. The van der Waals surface area contributed by atoms with Gasteiger partial charge in [0.15, 0.2) is 0 Å². The van der Waals surface area contributed by atoms with E-state index >= 15 is 0 Å². The maximum atomic E-state index is 9.79. The van der Waals surface area contributed by atoms with E-state index in [0.29, 0.717) is 22.7 Å². The van der Waals surface area contributed by atoms with Crippen molar-refractivity contribution in [1.82, 2.24) is 4.90 Å². The third-order valence-corrected chi connectivity index (χ3v) is 5.79. The molecule has 1 aliphatic carbocycles. The Kier molecular flexibility index (Phi) is 6.22. The molecular weight excluding hydrogens is 333 g/mol. The first kappa shape index (κ1) is 17.5. The van der Waals surface area contributed by atoms with Crippen LogP contribution in [0.5, 0.6) is 0 Å². The van der Waals surface area contributed by atoms with Gasteiger partial charge in [0, 0.05) is 29.2 Å². The summed E-state index contributed by atoms with van der Waals surface area (Å²) in [6.45, 7) is 2.42. The molecule has 128 valence electrons. The van der Waals surface area contributed by atoms with Crippen molar-refractivity contribution in [2.24, 2.45) is 0 Å². The zero-order chi connectivity index (χ0) is 16.2. The monoisotopic (exact) mass is 357 g/mol. The summed E-state index contributed by atoms with van der Waals surface area (Å²) in [4.78, 5) is 2.41. The van der Waals surface area contributed by atoms with E-state index in [4.69, 9.17) is 27.9 Å². The smallest absolute Gasteiger partial charge is 0.0730 e. The van der Waals surface area contributed by atoms with Crippen LogP contribution in [0.3, 0.4) is 0 Å². The van der Waals surface area contributed by atoms with E-state index in [1.54, 1.807) is 0 Å². The van der Waals surface area contributed by atoms with Gasteiger partial charge in [-0.2, -0.15) is 0 Å². The Morgan fingerprint density at radius 2 is 1.87 bits per heavy atom. The van der Waals surface area contributed by atoms with Crippen LogP contribution in [0.25, 0.3) is 0 Å². The van der Waals surface area contributed by atoms with E-state index < -0.39 is 0 Å². The zero-order valence-electron chi connectivity index (χ0n) is 13.4. The molecule has 1 N–H and O–H groups in total. The molecule has 0 radical (unpaired) electrons. The Hall–Kier alpha value is -0.320. The van der Waals surface area contributed by atoms with Crippen molar-refractivity contribution in [1.29, 1.82) is 0 Å². The van der Waals surface area contributed by atoms with Gasteiger partial charge in [-0.3, -0.25) is 4.90 Å². The Bertz CT molecular complexity index is 505. The van der Waals surface area contributed by atoms with Gasteiger partial charge in [0.05, 0.1) is 18.8 Å². The standard InChI is InChI=1S/C18H25Cl2NO2/c19-15-4-3-5-16(20)14(15)9-11-23-18-7-2-1-6-17(18)21-10-8-13(22)12-21/h3-5,13,17-18,22H,1-2,6-12H2/t13?,17-,18-/m1/s1. The summed E-state index contributed by atoms with van der Waals surface area (Å²) in [6.07, 6.45) is 6.48. The quantitative estimate of drug-likeness (QED) is 0.866. The number of hydrogen-bond donors (Lipinski definition) is 1. The van der Waals surface area contributed by atoms with E-state index in [2.05, 4.69) is 4.90 Å². The summed E-state index contributed by atoms with van der Waals surface area (Å²) >= 11 is 12.4. The van der Waals surface area contributed by atoms with E-state index in [1.165, 1.54) is 19.3 Å². The molecule has 1 saturated carbocycles. The lowest BCUT2D eigenvalue weighted by Gasteiger charge is -2.37. The van der Waals surface area contributed by atoms with Crippen LogP contribution < -0.4 is 0 Å². The molecule has 2 aliphatic rings. The molecule has 1 aromatic rings. The molecule has 2 fully saturated rings. The van der Waals surface area contributed by atoms with Crippen LogP contribution >= 0.6 is 23.2 Å². The number of hydrogen-bond acceptors (Lipinski definition) is 3.